The topological polar surface area (TPSA) is 0 Å². The van der Waals surface area contributed by atoms with Gasteiger partial charge in [0.15, 0.2) is 0 Å². The Balaban J connectivity index is 3.68. The molecule has 0 fully saturated rings. The highest BCUT2D eigenvalue weighted by Crippen LogP contribution is 2.17. The summed E-state index contributed by atoms with van der Waals surface area (Å²) in [4.78, 5) is 0. The van der Waals surface area contributed by atoms with Gasteiger partial charge in [0.05, 0.1) is 16.1 Å². The van der Waals surface area contributed by atoms with Crippen molar-refractivity contribution in [3.63, 3.8) is 0 Å². The first kappa shape index (κ1) is 17.2. The fourth-order valence-electron chi connectivity index (χ4n) is 3.15. The van der Waals surface area contributed by atoms with Crippen molar-refractivity contribution >= 4 is 26.5 Å². The molecule has 0 spiro atoms. The molecular formula is C18H30Si2. The van der Waals surface area contributed by atoms with Crippen molar-refractivity contribution in [2.45, 2.75) is 59.6 Å². The summed E-state index contributed by atoms with van der Waals surface area (Å²) in [5, 5.41) is 3.26. The van der Waals surface area contributed by atoms with Crippen molar-refractivity contribution in [3.8, 4) is 0 Å². The first-order valence-electron chi connectivity index (χ1n) is 7.48. The van der Waals surface area contributed by atoms with Crippen LogP contribution in [0.2, 0.25) is 39.3 Å². The Morgan fingerprint density at radius 3 is 1.95 bits per heavy atom. The molecule has 0 nitrogen and oxygen atoms in total. The zero-order valence-corrected chi connectivity index (χ0v) is 16.6. The summed E-state index contributed by atoms with van der Waals surface area (Å²) in [6.07, 6.45) is 3.05. The lowest BCUT2D eigenvalue weighted by Gasteiger charge is -2.30. The summed E-state index contributed by atoms with van der Waals surface area (Å²) in [6, 6.07) is 2.50. The van der Waals surface area contributed by atoms with Crippen LogP contribution in [0.5, 0.6) is 0 Å². The van der Waals surface area contributed by atoms with Crippen LogP contribution in [-0.2, 0) is 6.42 Å². The molecule has 20 heavy (non-hydrogen) atoms. The molecule has 0 amide bonds. The SMILES string of the molecule is C=C=CCc1cc([Si](C)(C)C)c(C)c(C)c1[Si](C)(C)C. The summed E-state index contributed by atoms with van der Waals surface area (Å²) in [5.74, 6) is 0. The van der Waals surface area contributed by atoms with Crippen molar-refractivity contribution in [2.24, 2.45) is 0 Å². The fraction of sp³-hybridized carbons (Fsp3) is 0.500. The van der Waals surface area contributed by atoms with E-state index in [1.807, 2.05) is 0 Å². The van der Waals surface area contributed by atoms with Gasteiger partial charge < -0.3 is 0 Å². The number of rotatable bonds is 4. The molecule has 0 bridgehead atoms. The van der Waals surface area contributed by atoms with Crippen LogP contribution in [-0.4, -0.2) is 16.1 Å². The molecule has 0 aliphatic heterocycles. The van der Waals surface area contributed by atoms with Gasteiger partial charge in [-0.3, -0.25) is 0 Å². The lowest BCUT2D eigenvalue weighted by molar-refractivity contribution is 1.25. The molecule has 0 radical (unpaired) electrons. The minimum absolute atomic E-state index is 0.974. The van der Waals surface area contributed by atoms with Gasteiger partial charge in [0.2, 0.25) is 0 Å². The molecule has 2 heteroatoms. The molecule has 0 aliphatic rings. The molecule has 1 aromatic carbocycles. The van der Waals surface area contributed by atoms with E-state index >= 15 is 0 Å². The molecule has 0 saturated carbocycles. The maximum absolute atomic E-state index is 3.72. The highest BCUT2D eigenvalue weighted by Gasteiger charge is 2.27. The van der Waals surface area contributed by atoms with Gasteiger partial charge in [-0.1, -0.05) is 62.3 Å². The molecule has 0 saturated heterocycles. The standard InChI is InChI=1S/C18H30Si2/c1-10-11-12-16-13-17(19(4,5)6)14(2)15(3)18(16)20(7,8)9/h11,13H,1,12H2,2-9H3. The minimum atomic E-state index is -1.34. The van der Waals surface area contributed by atoms with Crippen molar-refractivity contribution in [1.29, 1.82) is 0 Å². The van der Waals surface area contributed by atoms with Gasteiger partial charge in [-0.2, -0.15) is 0 Å². The van der Waals surface area contributed by atoms with Crippen LogP contribution < -0.4 is 10.4 Å². The van der Waals surface area contributed by atoms with Gasteiger partial charge in [-0.05, 0) is 43.0 Å². The Morgan fingerprint density at radius 2 is 1.55 bits per heavy atom. The van der Waals surface area contributed by atoms with Crippen LogP contribution in [0.25, 0.3) is 0 Å². The van der Waals surface area contributed by atoms with Crippen molar-refractivity contribution in [3.05, 3.63) is 41.1 Å². The van der Waals surface area contributed by atoms with Crippen LogP contribution in [0.15, 0.2) is 24.5 Å². The molecule has 0 atom stereocenters. The van der Waals surface area contributed by atoms with Crippen molar-refractivity contribution in [1.82, 2.24) is 0 Å². The highest BCUT2D eigenvalue weighted by molar-refractivity contribution is 6.91. The second-order valence-electron chi connectivity index (χ2n) is 7.82. The van der Waals surface area contributed by atoms with E-state index < -0.39 is 16.1 Å². The highest BCUT2D eigenvalue weighted by atomic mass is 28.3. The maximum Gasteiger partial charge on any atom is 0.0783 e. The average Bonchev–Trinajstić information content (AvgIpc) is 2.26. The van der Waals surface area contributed by atoms with Gasteiger partial charge >= 0.3 is 0 Å². The lowest BCUT2D eigenvalue weighted by Crippen LogP contribution is -2.47. The number of hydrogen-bond donors (Lipinski definition) is 0. The largest absolute Gasteiger partial charge is 0.133 e. The Labute approximate surface area is 127 Å². The van der Waals surface area contributed by atoms with Crippen LogP contribution in [0.4, 0.5) is 0 Å². The van der Waals surface area contributed by atoms with Gasteiger partial charge in [-0.15, -0.1) is 5.73 Å². The second-order valence-corrected chi connectivity index (χ2v) is 17.9. The molecule has 1 aromatic rings. The van der Waals surface area contributed by atoms with Gasteiger partial charge in [0.1, 0.15) is 0 Å². The van der Waals surface area contributed by atoms with E-state index in [2.05, 4.69) is 77.6 Å². The molecule has 0 N–H and O–H groups in total. The molecule has 0 aliphatic carbocycles. The Bertz CT molecular complexity index is 548. The van der Waals surface area contributed by atoms with Gasteiger partial charge in [0, 0.05) is 0 Å². The van der Waals surface area contributed by atoms with Crippen LogP contribution in [0.3, 0.4) is 0 Å². The van der Waals surface area contributed by atoms with E-state index in [1.54, 1.807) is 10.4 Å². The first-order chi connectivity index (χ1) is 9.00. The van der Waals surface area contributed by atoms with E-state index in [9.17, 15) is 0 Å². The normalized spacial score (nSPS) is 12.2. The molecule has 110 valence electrons. The molecule has 0 aromatic heterocycles. The smallest absolute Gasteiger partial charge is 0.0783 e. The second kappa shape index (κ2) is 5.89. The predicted octanol–water partition coefficient (Wildman–Crippen LogP) is 4.28. The van der Waals surface area contributed by atoms with Crippen LogP contribution >= 0.6 is 0 Å². The van der Waals surface area contributed by atoms with Crippen LogP contribution in [0.1, 0.15) is 16.7 Å². The van der Waals surface area contributed by atoms with Gasteiger partial charge in [-0.25, -0.2) is 0 Å². The van der Waals surface area contributed by atoms with E-state index in [0.717, 1.165) is 6.42 Å². The number of hydrogen-bond acceptors (Lipinski definition) is 0. The van der Waals surface area contributed by atoms with Crippen molar-refractivity contribution in [2.75, 3.05) is 0 Å². The Morgan fingerprint density at radius 1 is 1.00 bits per heavy atom. The van der Waals surface area contributed by atoms with Crippen molar-refractivity contribution < 1.29 is 0 Å². The fourth-order valence-corrected chi connectivity index (χ4v) is 7.52. The van der Waals surface area contributed by atoms with E-state index in [1.165, 1.54) is 16.7 Å². The monoisotopic (exact) mass is 302 g/mol. The zero-order valence-electron chi connectivity index (χ0n) is 14.6. The maximum atomic E-state index is 3.72. The Kier molecular flexibility index (Phi) is 5.07. The summed E-state index contributed by atoms with van der Waals surface area (Å²) in [5.41, 5.74) is 7.53. The molecule has 1 rings (SSSR count). The summed E-state index contributed by atoms with van der Waals surface area (Å²) >= 11 is 0. The number of allylic oxidation sites excluding steroid dienone is 1. The third kappa shape index (κ3) is 3.63. The average molecular weight is 303 g/mol. The summed E-state index contributed by atoms with van der Waals surface area (Å²) in [6.45, 7) is 23.0. The van der Waals surface area contributed by atoms with E-state index in [4.69, 9.17) is 0 Å². The molecular weight excluding hydrogens is 272 g/mol. The molecule has 0 unspecified atom stereocenters. The summed E-state index contributed by atoms with van der Waals surface area (Å²) < 4.78 is 0. The number of benzene rings is 1. The first-order valence-corrected chi connectivity index (χ1v) is 14.5. The Hall–Kier alpha value is -0.826. The van der Waals surface area contributed by atoms with E-state index in [-0.39, 0.29) is 0 Å². The predicted molar refractivity (Wildman–Crippen MR) is 99.3 cm³/mol. The molecule has 0 heterocycles. The third-order valence-corrected chi connectivity index (χ3v) is 8.34. The minimum Gasteiger partial charge on any atom is -0.133 e. The van der Waals surface area contributed by atoms with Gasteiger partial charge in [0.25, 0.3) is 0 Å². The summed E-state index contributed by atoms with van der Waals surface area (Å²) in [7, 11) is -2.63. The van der Waals surface area contributed by atoms with Crippen LogP contribution in [0, 0.1) is 13.8 Å². The lowest BCUT2D eigenvalue weighted by atomic mass is 10.0. The third-order valence-electron chi connectivity index (χ3n) is 4.01. The van der Waals surface area contributed by atoms with E-state index in [0.29, 0.717) is 0 Å². The quantitative estimate of drug-likeness (QED) is 0.575. The zero-order chi connectivity index (χ0) is 15.7.